The third-order valence-corrected chi connectivity index (χ3v) is 2.73. The van der Waals surface area contributed by atoms with Gasteiger partial charge in [-0.15, -0.1) is 0 Å². The third kappa shape index (κ3) is 3.23. The highest BCUT2D eigenvalue weighted by molar-refractivity contribution is 9.10. The number of hydrogen-bond donors (Lipinski definition) is 1. The molecule has 0 atom stereocenters. The molecule has 1 aromatic rings. The van der Waals surface area contributed by atoms with Crippen LogP contribution in [-0.4, -0.2) is 24.7 Å². The van der Waals surface area contributed by atoms with E-state index in [9.17, 15) is 4.79 Å². The van der Waals surface area contributed by atoms with Crippen molar-refractivity contribution in [1.29, 1.82) is 0 Å². The summed E-state index contributed by atoms with van der Waals surface area (Å²) in [6.45, 7) is 5.05. The van der Waals surface area contributed by atoms with Gasteiger partial charge in [-0.2, -0.15) is 0 Å². The molecular weight excluding hydrogens is 270 g/mol. The second-order valence-electron chi connectivity index (χ2n) is 4.24. The summed E-state index contributed by atoms with van der Waals surface area (Å²) in [5.74, 6) is -0.401. The van der Waals surface area contributed by atoms with E-state index in [-0.39, 0.29) is 0 Å². The SMILES string of the molecule is CC(C)CN(C)c1ccc(Br)cc1C(=O)O. The zero-order chi connectivity index (χ0) is 12.3. The quantitative estimate of drug-likeness (QED) is 0.923. The van der Waals surface area contributed by atoms with Gasteiger partial charge in [-0.1, -0.05) is 29.8 Å². The van der Waals surface area contributed by atoms with Crippen LogP contribution < -0.4 is 4.90 Å². The Morgan fingerprint density at radius 3 is 2.62 bits per heavy atom. The first kappa shape index (κ1) is 13.0. The Hall–Kier alpha value is -1.03. The van der Waals surface area contributed by atoms with E-state index in [2.05, 4.69) is 29.8 Å². The molecule has 0 heterocycles. The molecule has 0 aliphatic carbocycles. The Kier molecular flexibility index (Phi) is 4.35. The summed E-state index contributed by atoms with van der Waals surface area (Å²) in [5.41, 5.74) is 1.09. The van der Waals surface area contributed by atoms with Gasteiger partial charge >= 0.3 is 5.97 Å². The predicted molar refractivity (Wildman–Crippen MR) is 69.2 cm³/mol. The molecule has 0 aliphatic rings. The van der Waals surface area contributed by atoms with Crippen LogP contribution in [0.1, 0.15) is 24.2 Å². The first-order chi connectivity index (χ1) is 7.41. The molecule has 1 rings (SSSR count). The van der Waals surface area contributed by atoms with Gasteiger partial charge in [-0.05, 0) is 24.1 Å². The highest BCUT2D eigenvalue weighted by atomic mass is 79.9. The Morgan fingerprint density at radius 2 is 2.12 bits per heavy atom. The molecule has 0 saturated heterocycles. The van der Waals surface area contributed by atoms with Crippen molar-refractivity contribution in [3.05, 3.63) is 28.2 Å². The summed E-state index contributed by atoms with van der Waals surface area (Å²) >= 11 is 3.28. The summed E-state index contributed by atoms with van der Waals surface area (Å²) in [6, 6.07) is 5.32. The monoisotopic (exact) mass is 285 g/mol. The van der Waals surface area contributed by atoms with Crippen LogP contribution >= 0.6 is 15.9 Å². The number of carbonyl (C=O) groups is 1. The van der Waals surface area contributed by atoms with Crippen molar-refractivity contribution in [2.24, 2.45) is 5.92 Å². The largest absolute Gasteiger partial charge is 0.478 e. The molecule has 0 unspecified atom stereocenters. The summed E-state index contributed by atoms with van der Waals surface area (Å²) < 4.78 is 0.784. The lowest BCUT2D eigenvalue weighted by atomic mass is 10.1. The maximum atomic E-state index is 11.1. The maximum Gasteiger partial charge on any atom is 0.337 e. The van der Waals surface area contributed by atoms with Crippen molar-refractivity contribution in [2.75, 3.05) is 18.5 Å². The fourth-order valence-electron chi connectivity index (χ4n) is 1.66. The van der Waals surface area contributed by atoms with Crippen LogP contribution in [0.3, 0.4) is 0 Å². The fraction of sp³-hybridized carbons (Fsp3) is 0.417. The summed E-state index contributed by atoms with van der Waals surface area (Å²) in [5, 5.41) is 9.13. The molecule has 0 fully saturated rings. The topological polar surface area (TPSA) is 40.5 Å². The molecule has 0 saturated carbocycles. The molecule has 0 amide bonds. The lowest BCUT2D eigenvalue weighted by Crippen LogP contribution is -2.24. The highest BCUT2D eigenvalue weighted by Gasteiger charge is 2.14. The van der Waals surface area contributed by atoms with Gasteiger partial charge in [-0.3, -0.25) is 0 Å². The fourth-order valence-corrected chi connectivity index (χ4v) is 2.02. The average molecular weight is 286 g/mol. The van der Waals surface area contributed by atoms with E-state index in [1.807, 2.05) is 24.1 Å². The normalized spacial score (nSPS) is 10.6. The van der Waals surface area contributed by atoms with Gasteiger partial charge in [0.2, 0.25) is 0 Å². The predicted octanol–water partition coefficient (Wildman–Crippen LogP) is 3.24. The Labute approximate surface area is 104 Å². The van der Waals surface area contributed by atoms with Crippen molar-refractivity contribution < 1.29 is 9.90 Å². The molecule has 4 heteroatoms. The number of aromatic carboxylic acids is 1. The third-order valence-electron chi connectivity index (χ3n) is 2.24. The zero-order valence-corrected chi connectivity index (χ0v) is 11.3. The maximum absolute atomic E-state index is 11.1. The number of carboxylic acid groups (broad SMARTS) is 1. The lowest BCUT2D eigenvalue weighted by molar-refractivity contribution is 0.0697. The first-order valence-electron chi connectivity index (χ1n) is 5.15. The van der Waals surface area contributed by atoms with Crippen LogP contribution in [0.4, 0.5) is 5.69 Å². The van der Waals surface area contributed by atoms with Crippen LogP contribution in [-0.2, 0) is 0 Å². The molecule has 16 heavy (non-hydrogen) atoms. The number of anilines is 1. The smallest absolute Gasteiger partial charge is 0.337 e. The molecule has 0 spiro atoms. The Bertz CT molecular complexity index is 391. The van der Waals surface area contributed by atoms with Crippen LogP contribution in [0.5, 0.6) is 0 Å². The lowest BCUT2D eigenvalue weighted by Gasteiger charge is -2.23. The van der Waals surface area contributed by atoms with E-state index in [4.69, 9.17) is 5.11 Å². The number of carboxylic acids is 1. The van der Waals surface area contributed by atoms with Crippen LogP contribution in [0.25, 0.3) is 0 Å². The molecule has 0 aromatic heterocycles. The van der Waals surface area contributed by atoms with Crippen molar-refractivity contribution in [3.8, 4) is 0 Å². The van der Waals surface area contributed by atoms with Crippen LogP contribution in [0, 0.1) is 5.92 Å². The Balaban J connectivity index is 3.07. The molecule has 3 nitrogen and oxygen atoms in total. The van der Waals surface area contributed by atoms with Crippen molar-refractivity contribution >= 4 is 27.6 Å². The minimum Gasteiger partial charge on any atom is -0.478 e. The van der Waals surface area contributed by atoms with Crippen LogP contribution in [0.15, 0.2) is 22.7 Å². The molecule has 0 bridgehead atoms. The summed E-state index contributed by atoms with van der Waals surface area (Å²) in [4.78, 5) is 13.1. The van der Waals surface area contributed by atoms with Crippen molar-refractivity contribution in [3.63, 3.8) is 0 Å². The van der Waals surface area contributed by atoms with Gasteiger partial charge in [0.05, 0.1) is 11.3 Å². The van der Waals surface area contributed by atoms with E-state index in [1.165, 1.54) is 0 Å². The van der Waals surface area contributed by atoms with E-state index < -0.39 is 5.97 Å². The molecule has 0 radical (unpaired) electrons. The zero-order valence-electron chi connectivity index (χ0n) is 9.70. The highest BCUT2D eigenvalue weighted by Crippen LogP contribution is 2.24. The minimum absolute atomic E-state index is 0.331. The number of halogens is 1. The number of nitrogens with zero attached hydrogens (tertiary/aromatic N) is 1. The summed E-state index contributed by atoms with van der Waals surface area (Å²) in [7, 11) is 1.91. The first-order valence-corrected chi connectivity index (χ1v) is 5.95. The molecule has 1 aromatic carbocycles. The standard InChI is InChI=1S/C12H16BrNO2/c1-8(2)7-14(3)11-5-4-9(13)6-10(11)12(15)16/h4-6,8H,7H2,1-3H3,(H,15,16). The molecule has 88 valence electrons. The minimum atomic E-state index is -0.896. The van der Waals surface area contributed by atoms with Gasteiger partial charge in [0, 0.05) is 18.1 Å². The molecule has 1 N–H and O–H groups in total. The second-order valence-corrected chi connectivity index (χ2v) is 5.16. The van der Waals surface area contributed by atoms with Crippen molar-refractivity contribution in [1.82, 2.24) is 0 Å². The number of hydrogen-bond acceptors (Lipinski definition) is 2. The van der Waals surface area contributed by atoms with Gasteiger partial charge in [0.15, 0.2) is 0 Å². The molecule has 0 aliphatic heterocycles. The second kappa shape index (κ2) is 5.34. The van der Waals surface area contributed by atoms with Gasteiger partial charge in [0.25, 0.3) is 0 Å². The molecular formula is C12H16BrNO2. The van der Waals surface area contributed by atoms with Gasteiger partial charge in [0.1, 0.15) is 0 Å². The van der Waals surface area contributed by atoms with E-state index in [0.717, 1.165) is 16.7 Å². The summed E-state index contributed by atoms with van der Waals surface area (Å²) in [6.07, 6.45) is 0. The van der Waals surface area contributed by atoms with E-state index in [1.54, 1.807) is 6.07 Å². The number of benzene rings is 1. The van der Waals surface area contributed by atoms with E-state index in [0.29, 0.717) is 11.5 Å². The average Bonchev–Trinajstić information content (AvgIpc) is 2.16. The van der Waals surface area contributed by atoms with Crippen LogP contribution in [0.2, 0.25) is 0 Å². The van der Waals surface area contributed by atoms with E-state index >= 15 is 0 Å². The van der Waals surface area contributed by atoms with Gasteiger partial charge < -0.3 is 10.0 Å². The number of rotatable bonds is 4. The van der Waals surface area contributed by atoms with Gasteiger partial charge in [-0.25, -0.2) is 4.79 Å². The Morgan fingerprint density at radius 1 is 1.50 bits per heavy atom. The van der Waals surface area contributed by atoms with Crippen molar-refractivity contribution in [2.45, 2.75) is 13.8 Å².